The zero-order valence-corrected chi connectivity index (χ0v) is 11.2. The molecule has 0 saturated carbocycles. The van der Waals surface area contributed by atoms with Gasteiger partial charge in [0.1, 0.15) is 0 Å². The van der Waals surface area contributed by atoms with Crippen molar-refractivity contribution >= 4 is 0 Å². The Morgan fingerprint density at radius 3 is 2.21 bits per heavy atom. The second kappa shape index (κ2) is 4.73. The summed E-state index contributed by atoms with van der Waals surface area (Å²) in [5.74, 6) is 0. The van der Waals surface area contributed by atoms with E-state index in [4.69, 9.17) is 0 Å². The molecule has 0 bridgehead atoms. The zero-order valence-electron chi connectivity index (χ0n) is 11.2. The van der Waals surface area contributed by atoms with Crippen LogP contribution >= 0.6 is 0 Å². The Morgan fingerprint density at radius 2 is 1.53 bits per heavy atom. The number of aromatic nitrogens is 2. The number of hydrogen-bond acceptors (Lipinski definition) is 1. The van der Waals surface area contributed by atoms with E-state index in [1.807, 2.05) is 17.7 Å². The van der Waals surface area contributed by atoms with Gasteiger partial charge >= 0.3 is 0 Å². The third-order valence-electron chi connectivity index (χ3n) is 3.18. The van der Waals surface area contributed by atoms with Gasteiger partial charge in [-0.2, -0.15) is 5.10 Å². The normalized spacial score (nSPS) is 10.6. The molecule has 0 atom stereocenters. The monoisotopic (exact) mass is 248 g/mol. The van der Waals surface area contributed by atoms with Crippen LogP contribution in [0.2, 0.25) is 0 Å². The van der Waals surface area contributed by atoms with E-state index in [9.17, 15) is 0 Å². The van der Waals surface area contributed by atoms with Crippen LogP contribution in [0.3, 0.4) is 0 Å². The molecule has 2 nitrogen and oxygen atoms in total. The molecule has 3 rings (SSSR count). The Labute approximate surface area is 113 Å². The lowest BCUT2D eigenvalue weighted by Crippen LogP contribution is -1.99. The predicted octanol–water partition coefficient (Wildman–Crippen LogP) is 4.16. The van der Waals surface area contributed by atoms with Crippen LogP contribution in [0.1, 0.15) is 11.3 Å². The molecule has 0 radical (unpaired) electrons. The number of hydrogen-bond donors (Lipinski definition) is 0. The topological polar surface area (TPSA) is 17.8 Å². The molecule has 0 spiro atoms. The van der Waals surface area contributed by atoms with Crippen molar-refractivity contribution in [3.05, 3.63) is 71.9 Å². The summed E-state index contributed by atoms with van der Waals surface area (Å²) in [6.07, 6.45) is 0. The standard InChI is InChI=1S/C17H16N2/c1-13-8-10-16(11-9-13)19-17(12-14(2)18-19)15-6-4-3-5-7-15/h3-12H,1-2H3. The molecule has 3 aromatic rings. The number of rotatable bonds is 2. The summed E-state index contributed by atoms with van der Waals surface area (Å²) in [7, 11) is 0. The minimum absolute atomic E-state index is 1.03. The Morgan fingerprint density at radius 1 is 0.842 bits per heavy atom. The Kier molecular flexibility index (Phi) is 2.92. The first-order chi connectivity index (χ1) is 9.24. The zero-order chi connectivity index (χ0) is 13.2. The maximum atomic E-state index is 4.60. The van der Waals surface area contributed by atoms with E-state index >= 15 is 0 Å². The van der Waals surface area contributed by atoms with E-state index in [0.717, 1.165) is 17.1 Å². The molecule has 0 amide bonds. The van der Waals surface area contributed by atoms with Crippen molar-refractivity contribution in [2.24, 2.45) is 0 Å². The average molecular weight is 248 g/mol. The van der Waals surface area contributed by atoms with Gasteiger partial charge in [0.15, 0.2) is 0 Å². The van der Waals surface area contributed by atoms with Crippen molar-refractivity contribution in [2.75, 3.05) is 0 Å². The second-order valence-electron chi connectivity index (χ2n) is 4.78. The summed E-state index contributed by atoms with van der Waals surface area (Å²) in [6.45, 7) is 4.12. The highest BCUT2D eigenvalue weighted by atomic mass is 15.3. The van der Waals surface area contributed by atoms with E-state index in [0.29, 0.717) is 0 Å². The van der Waals surface area contributed by atoms with Gasteiger partial charge in [-0.1, -0.05) is 48.0 Å². The summed E-state index contributed by atoms with van der Waals surface area (Å²) >= 11 is 0. The largest absolute Gasteiger partial charge is 0.233 e. The highest BCUT2D eigenvalue weighted by molar-refractivity contribution is 5.62. The van der Waals surface area contributed by atoms with Gasteiger partial charge in [0.05, 0.1) is 17.1 Å². The third-order valence-corrected chi connectivity index (χ3v) is 3.18. The highest BCUT2D eigenvalue weighted by Gasteiger charge is 2.09. The van der Waals surface area contributed by atoms with E-state index in [1.165, 1.54) is 11.1 Å². The van der Waals surface area contributed by atoms with Crippen molar-refractivity contribution in [1.29, 1.82) is 0 Å². The molecule has 19 heavy (non-hydrogen) atoms. The van der Waals surface area contributed by atoms with Crippen LogP contribution in [0.15, 0.2) is 60.7 Å². The molecule has 0 saturated heterocycles. The Balaban J connectivity index is 2.15. The van der Waals surface area contributed by atoms with Gasteiger partial charge in [-0.15, -0.1) is 0 Å². The molecule has 2 heteroatoms. The fraction of sp³-hybridized carbons (Fsp3) is 0.118. The maximum absolute atomic E-state index is 4.60. The quantitative estimate of drug-likeness (QED) is 0.666. The van der Waals surface area contributed by atoms with E-state index < -0.39 is 0 Å². The van der Waals surface area contributed by atoms with Crippen LogP contribution in [0, 0.1) is 13.8 Å². The molecule has 0 N–H and O–H groups in total. The van der Waals surface area contributed by atoms with E-state index in [-0.39, 0.29) is 0 Å². The van der Waals surface area contributed by atoms with Crippen molar-refractivity contribution in [1.82, 2.24) is 9.78 Å². The van der Waals surface area contributed by atoms with E-state index in [2.05, 4.69) is 66.6 Å². The molecular formula is C17H16N2. The fourth-order valence-corrected chi connectivity index (χ4v) is 2.20. The van der Waals surface area contributed by atoms with Gasteiger partial charge in [-0.05, 0) is 32.0 Å². The lowest BCUT2D eigenvalue weighted by atomic mass is 10.1. The lowest BCUT2D eigenvalue weighted by Gasteiger charge is -2.07. The number of benzene rings is 2. The summed E-state index contributed by atoms with van der Waals surface area (Å²) in [5.41, 5.74) is 5.69. The van der Waals surface area contributed by atoms with Crippen molar-refractivity contribution in [2.45, 2.75) is 13.8 Å². The highest BCUT2D eigenvalue weighted by Crippen LogP contribution is 2.23. The average Bonchev–Trinajstić information content (AvgIpc) is 2.83. The molecule has 0 unspecified atom stereocenters. The molecule has 0 fully saturated rings. The van der Waals surface area contributed by atoms with Crippen LogP contribution in [-0.2, 0) is 0 Å². The van der Waals surface area contributed by atoms with Gasteiger partial charge in [0, 0.05) is 5.56 Å². The van der Waals surface area contributed by atoms with Gasteiger partial charge in [0.25, 0.3) is 0 Å². The lowest BCUT2D eigenvalue weighted by molar-refractivity contribution is 0.869. The van der Waals surface area contributed by atoms with Crippen LogP contribution in [0.5, 0.6) is 0 Å². The summed E-state index contributed by atoms with van der Waals surface area (Å²) < 4.78 is 2.00. The first kappa shape index (κ1) is 11.7. The molecule has 0 aliphatic carbocycles. The van der Waals surface area contributed by atoms with Crippen LogP contribution in [-0.4, -0.2) is 9.78 Å². The molecular weight excluding hydrogens is 232 g/mol. The van der Waals surface area contributed by atoms with Gasteiger partial charge < -0.3 is 0 Å². The van der Waals surface area contributed by atoms with Gasteiger partial charge in [0.2, 0.25) is 0 Å². The SMILES string of the molecule is Cc1ccc(-n2nc(C)cc2-c2ccccc2)cc1. The van der Waals surface area contributed by atoms with Crippen LogP contribution in [0.4, 0.5) is 0 Å². The Bertz CT molecular complexity index is 679. The first-order valence-corrected chi connectivity index (χ1v) is 6.43. The minimum Gasteiger partial charge on any atom is -0.233 e. The van der Waals surface area contributed by atoms with Crippen molar-refractivity contribution in [3.63, 3.8) is 0 Å². The van der Waals surface area contributed by atoms with Crippen molar-refractivity contribution < 1.29 is 0 Å². The van der Waals surface area contributed by atoms with Gasteiger partial charge in [-0.3, -0.25) is 0 Å². The predicted molar refractivity (Wildman–Crippen MR) is 78.5 cm³/mol. The smallest absolute Gasteiger partial charge is 0.0743 e. The van der Waals surface area contributed by atoms with E-state index in [1.54, 1.807) is 0 Å². The molecule has 0 aliphatic rings. The maximum Gasteiger partial charge on any atom is 0.0743 e. The Hall–Kier alpha value is -2.35. The van der Waals surface area contributed by atoms with Crippen LogP contribution in [0.25, 0.3) is 16.9 Å². The molecule has 94 valence electrons. The fourth-order valence-electron chi connectivity index (χ4n) is 2.20. The second-order valence-corrected chi connectivity index (χ2v) is 4.78. The molecule has 1 aromatic heterocycles. The van der Waals surface area contributed by atoms with Crippen molar-refractivity contribution in [3.8, 4) is 16.9 Å². The number of aryl methyl sites for hydroxylation is 2. The van der Waals surface area contributed by atoms with Gasteiger partial charge in [-0.25, -0.2) is 4.68 Å². The summed E-state index contributed by atoms with van der Waals surface area (Å²) in [6, 6.07) is 20.9. The molecule has 2 aromatic carbocycles. The summed E-state index contributed by atoms with van der Waals surface area (Å²) in [5, 5.41) is 4.60. The summed E-state index contributed by atoms with van der Waals surface area (Å²) in [4.78, 5) is 0. The number of nitrogens with zero attached hydrogens (tertiary/aromatic N) is 2. The minimum atomic E-state index is 1.03. The van der Waals surface area contributed by atoms with Crippen LogP contribution < -0.4 is 0 Å². The molecule has 1 heterocycles. The third kappa shape index (κ3) is 2.29. The first-order valence-electron chi connectivity index (χ1n) is 6.43. The molecule has 0 aliphatic heterocycles.